The highest BCUT2D eigenvalue weighted by atomic mass is 16.3. The van der Waals surface area contributed by atoms with E-state index in [1.807, 2.05) is 25.1 Å². The first-order valence-electron chi connectivity index (χ1n) is 5.84. The maximum absolute atomic E-state index is 6.05. The van der Waals surface area contributed by atoms with Crippen LogP contribution in [-0.2, 0) is 6.54 Å². The molecule has 2 aromatic rings. The van der Waals surface area contributed by atoms with Crippen molar-refractivity contribution >= 4 is 11.4 Å². The Morgan fingerprint density at radius 1 is 1.29 bits per heavy atom. The molecule has 3 heteroatoms. The number of nitrogens with zero attached hydrogens (tertiary/aromatic N) is 1. The number of nitrogens with two attached hydrogens (primary N) is 1. The number of benzene rings is 1. The minimum absolute atomic E-state index is 0.747. The first-order chi connectivity index (χ1) is 8.20. The lowest BCUT2D eigenvalue weighted by atomic mass is 10.1. The SMILES string of the molecule is CCN(Cc1ccco1)c1ccc(C)cc1N. The molecule has 90 valence electrons. The molecule has 0 saturated heterocycles. The van der Waals surface area contributed by atoms with Gasteiger partial charge in [0.15, 0.2) is 0 Å². The summed E-state index contributed by atoms with van der Waals surface area (Å²) in [5.74, 6) is 0.951. The molecule has 0 atom stereocenters. The van der Waals surface area contributed by atoms with Gasteiger partial charge >= 0.3 is 0 Å². The molecule has 0 aliphatic heterocycles. The van der Waals surface area contributed by atoms with Crippen LogP contribution in [0, 0.1) is 6.92 Å². The molecule has 0 amide bonds. The summed E-state index contributed by atoms with van der Waals surface area (Å²) in [6.07, 6.45) is 1.70. The summed E-state index contributed by atoms with van der Waals surface area (Å²) < 4.78 is 5.37. The Labute approximate surface area is 102 Å². The molecule has 1 heterocycles. The Balaban J connectivity index is 2.23. The van der Waals surface area contributed by atoms with Crippen LogP contribution in [0.15, 0.2) is 41.0 Å². The second-order valence-corrected chi connectivity index (χ2v) is 4.16. The molecule has 0 spiro atoms. The molecular formula is C14H18N2O. The van der Waals surface area contributed by atoms with Gasteiger partial charge in [-0.25, -0.2) is 0 Å². The quantitative estimate of drug-likeness (QED) is 0.820. The van der Waals surface area contributed by atoms with Gasteiger partial charge in [0.25, 0.3) is 0 Å². The highest BCUT2D eigenvalue weighted by Crippen LogP contribution is 2.25. The summed E-state index contributed by atoms with van der Waals surface area (Å²) >= 11 is 0. The first kappa shape index (κ1) is 11.6. The molecule has 2 rings (SSSR count). The number of nitrogen functional groups attached to an aromatic ring is 1. The summed E-state index contributed by atoms with van der Waals surface area (Å²) in [6, 6.07) is 10.0. The van der Waals surface area contributed by atoms with Gasteiger partial charge in [-0.2, -0.15) is 0 Å². The average Bonchev–Trinajstić information content (AvgIpc) is 2.79. The lowest BCUT2D eigenvalue weighted by Gasteiger charge is -2.23. The number of hydrogen-bond donors (Lipinski definition) is 1. The monoisotopic (exact) mass is 230 g/mol. The van der Waals surface area contributed by atoms with Gasteiger partial charge in [-0.3, -0.25) is 0 Å². The summed E-state index contributed by atoms with van der Waals surface area (Å²) in [5, 5.41) is 0. The van der Waals surface area contributed by atoms with Gasteiger partial charge in [-0.05, 0) is 43.7 Å². The molecule has 1 aromatic carbocycles. The fraction of sp³-hybridized carbons (Fsp3) is 0.286. The van der Waals surface area contributed by atoms with E-state index in [9.17, 15) is 0 Å². The van der Waals surface area contributed by atoms with Crippen molar-refractivity contribution in [2.24, 2.45) is 0 Å². The first-order valence-corrected chi connectivity index (χ1v) is 5.84. The van der Waals surface area contributed by atoms with Crippen molar-refractivity contribution in [3.05, 3.63) is 47.9 Å². The van der Waals surface area contributed by atoms with Crippen LogP contribution in [0.25, 0.3) is 0 Å². The zero-order chi connectivity index (χ0) is 12.3. The molecule has 0 aliphatic rings. The van der Waals surface area contributed by atoms with E-state index >= 15 is 0 Å². The molecule has 2 N–H and O–H groups in total. The standard InChI is InChI=1S/C14H18N2O/c1-3-16(10-12-5-4-8-17-12)14-7-6-11(2)9-13(14)15/h4-9H,3,10,15H2,1-2H3. The Kier molecular flexibility index (Phi) is 3.38. The summed E-state index contributed by atoms with van der Waals surface area (Å²) in [4.78, 5) is 2.20. The van der Waals surface area contributed by atoms with Gasteiger partial charge in [0.2, 0.25) is 0 Å². The van der Waals surface area contributed by atoms with Crippen molar-refractivity contribution in [3.8, 4) is 0 Å². The van der Waals surface area contributed by atoms with E-state index in [2.05, 4.69) is 24.0 Å². The van der Waals surface area contributed by atoms with E-state index < -0.39 is 0 Å². The molecule has 0 bridgehead atoms. The van der Waals surface area contributed by atoms with Crippen molar-refractivity contribution in [1.82, 2.24) is 0 Å². The zero-order valence-corrected chi connectivity index (χ0v) is 10.3. The van der Waals surface area contributed by atoms with E-state index in [1.165, 1.54) is 5.56 Å². The van der Waals surface area contributed by atoms with Crippen molar-refractivity contribution in [3.63, 3.8) is 0 Å². The van der Waals surface area contributed by atoms with Crippen LogP contribution >= 0.6 is 0 Å². The van der Waals surface area contributed by atoms with Crippen LogP contribution < -0.4 is 10.6 Å². The molecule has 0 fully saturated rings. The fourth-order valence-corrected chi connectivity index (χ4v) is 1.92. The van der Waals surface area contributed by atoms with Crippen LogP contribution in [0.4, 0.5) is 11.4 Å². The van der Waals surface area contributed by atoms with Gasteiger partial charge in [0.1, 0.15) is 5.76 Å². The van der Waals surface area contributed by atoms with Gasteiger partial charge in [0, 0.05) is 6.54 Å². The number of rotatable bonds is 4. The third kappa shape index (κ3) is 2.61. The van der Waals surface area contributed by atoms with Crippen LogP contribution in [0.2, 0.25) is 0 Å². The third-order valence-electron chi connectivity index (χ3n) is 2.83. The molecule has 0 aliphatic carbocycles. The normalized spacial score (nSPS) is 10.5. The van der Waals surface area contributed by atoms with E-state index in [0.717, 1.165) is 30.2 Å². The summed E-state index contributed by atoms with van der Waals surface area (Å²) in [6.45, 7) is 5.80. The largest absolute Gasteiger partial charge is 0.467 e. The molecule has 0 unspecified atom stereocenters. The molecule has 1 aromatic heterocycles. The van der Waals surface area contributed by atoms with Gasteiger partial charge < -0.3 is 15.1 Å². The van der Waals surface area contributed by atoms with Crippen LogP contribution in [0.5, 0.6) is 0 Å². The number of aryl methyl sites for hydroxylation is 1. The highest BCUT2D eigenvalue weighted by molar-refractivity contribution is 5.68. The minimum atomic E-state index is 0.747. The predicted octanol–water partition coefficient (Wildman–Crippen LogP) is 3.20. The van der Waals surface area contributed by atoms with Crippen LogP contribution in [0.1, 0.15) is 18.2 Å². The Bertz CT molecular complexity index is 477. The third-order valence-corrected chi connectivity index (χ3v) is 2.83. The number of hydrogen-bond acceptors (Lipinski definition) is 3. The van der Waals surface area contributed by atoms with Crippen molar-refractivity contribution < 1.29 is 4.42 Å². The highest BCUT2D eigenvalue weighted by Gasteiger charge is 2.10. The van der Waals surface area contributed by atoms with E-state index in [-0.39, 0.29) is 0 Å². The maximum Gasteiger partial charge on any atom is 0.123 e. The van der Waals surface area contributed by atoms with Crippen molar-refractivity contribution in [2.45, 2.75) is 20.4 Å². The Morgan fingerprint density at radius 2 is 2.12 bits per heavy atom. The Morgan fingerprint density at radius 3 is 2.71 bits per heavy atom. The maximum atomic E-state index is 6.05. The molecular weight excluding hydrogens is 212 g/mol. The van der Waals surface area contributed by atoms with E-state index in [0.29, 0.717) is 0 Å². The topological polar surface area (TPSA) is 42.4 Å². The Hall–Kier alpha value is -1.90. The van der Waals surface area contributed by atoms with E-state index in [4.69, 9.17) is 10.2 Å². The minimum Gasteiger partial charge on any atom is -0.467 e. The molecule has 3 nitrogen and oxygen atoms in total. The second-order valence-electron chi connectivity index (χ2n) is 4.16. The van der Waals surface area contributed by atoms with Crippen LogP contribution in [-0.4, -0.2) is 6.54 Å². The van der Waals surface area contributed by atoms with Crippen molar-refractivity contribution in [2.75, 3.05) is 17.2 Å². The van der Waals surface area contributed by atoms with Gasteiger partial charge in [-0.1, -0.05) is 6.07 Å². The second kappa shape index (κ2) is 4.95. The summed E-state index contributed by atoms with van der Waals surface area (Å²) in [5.41, 5.74) is 9.12. The molecule has 0 radical (unpaired) electrons. The van der Waals surface area contributed by atoms with Gasteiger partial charge in [0.05, 0.1) is 24.2 Å². The average molecular weight is 230 g/mol. The van der Waals surface area contributed by atoms with Gasteiger partial charge in [-0.15, -0.1) is 0 Å². The van der Waals surface area contributed by atoms with Crippen LogP contribution in [0.3, 0.4) is 0 Å². The van der Waals surface area contributed by atoms with Crippen molar-refractivity contribution in [1.29, 1.82) is 0 Å². The lowest BCUT2D eigenvalue weighted by molar-refractivity contribution is 0.504. The van der Waals surface area contributed by atoms with E-state index in [1.54, 1.807) is 6.26 Å². The lowest BCUT2D eigenvalue weighted by Crippen LogP contribution is -2.22. The molecule has 0 saturated carbocycles. The number of furan rings is 1. The number of anilines is 2. The fourth-order valence-electron chi connectivity index (χ4n) is 1.92. The predicted molar refractivity (Wildman–Crippen MR) is 71.0 cm³/mol. The smallest absolute Gasteiger partial charge is 0.123 e. The summed E-state index contributed by atoms with van der Waals surface area (Å²) in [7, 11) is 0. The molecule has 17 heavy (non-hydrogen) atoms. The zero-order valence-electron chi connectivity index (χ0n) is 10.3.